The monoisotopic (exact) mass is 169 g/mol. The van der Waals surface area contributed by atoms with Crippen LogP contribution in [0.2, 0.25) is 0 Å². The van der Waals surface area contributed by atoms with Gasteiger partial charge in [-0.25, -0.2) is 0 Å². The molecule has 1 heteroatoms. The minimum absolute atomic E-state index is 0.628. The van der Waals surface area contributed by atoms with Crippen molar-refractivity contribution in [1.29, 1.82) is 0 Å². The van der Waals surface area contributed by atoms with Gasteiger partial charge < -0.3 is 4.90 Å². The largest absolute Gasteiger partial charge is 0.303 e. The Balaban J connectivity index is 2.43. The average molecular weight is 169 g/mol. The van der Waals surface area contributed by atoms with Gasteiger partial charge in [0.25, 0.3) is 0 Å². The summed E-state index contributed by atoms with van der Waals surface area (Å²) in [5.41, 5.74) is 0.628. The van der Waals surface area contributed by atoms with E-state index in [1.54, 1.807) is 0 Å². The highest BCUT2D eigenvalue weighted by molar-refractivity contribution is 4.82. The molecule has 0 aromatic heterocycles. The summed E-state index contributed by atoms with van der Waals surface area (Å²) in [6, 6.07) is 0. The van der Waals surface area contributed by atoms with E-state index in [4.69, 9.17) is 0 Å². The molecule has 1 atom stereocenters. The molecular formula is C11H23N. The minimum Gasteiger partial charge on any atom is -0.303 e. The van der Waals surface area contributed by atoms with Crippen molar-refractivity contribution in [3.8, 4) is 0 Å². The SMILES string of the molecule is CCCC1(C)CCCN(CC)C1. The summed E-state index contributed by atoms with van der Waals surface area (Å²) in [5, 5.41) is 0. The number of nitrogens with zero attached hydrogens (tertiary/aromatic N) is 1. The fraction of sp³-hybridized carbons (Fsp3) is 1.00. The van der Waals surface area contributed by atoms with E-state index in [-0.39, 0.29) is 0 Å². The van der Waals surface area contributed by atoms with Crippen LogP contribution in [0.15, 0.2) is 0 Å². The summed E-state index contributed by atoms with van der Waals surface area (Å²) >= 11 is 0. The molecule has 0 spiro atoms. The summed E-state index contributed by atoms with van der Waals surface area (Å²) in [4.78, 5) is 2.60. The van der Waals surface area contributed by atoms with Crippen molar-refractivity contribution in [3.05, 3.63) is 0 Å². The van der Waals surface area contributed by atoms with Gasteiger partial charge in [-0.15, -0.1) is 0 Å². The maximum absolute atomic E-state index is 2.60. The zero-order chi connectivity index (χ0) is 9.03. The van der Waals surface area contributed by atoms with Crippen LogP contribution >= 0.6 is 0 Å². The molecule has 0 aromatic rings. The Bertz CT molecular complexity index is 129. The van der Waals surface area contributed by atoms with Crippen LogP contribution in [0.5, 0.6) is 0 Å². The number of rotatable bonds is 3. The van der Waals surface area contributed by atoms with Gasteiger partial charge >= 0.3 is 0 Å². The maximum atomic E-state index is 2.60. The summed E-state index contributed by atoms with van der Waals surface area (Å²) < 4.78 is 0. The molecule has 0 aliphatic carbocycles. The molecule has 72 valence electrons. The highest BCUT2D eigenvalue weighted by atomic mass is 15.1. The predicted molar refractivity (Wildman–Crippen MR) is 54.4 cm³/mol. The molecule has 12 heavy (non-hydrogen) atoms. The van der Waals surface area contributed by atoms with E-state index in [1.807, 2.05) is 0 Å². The van der Waals surface area contributed by atoms with Gasteiger partial charge in [0.05, 0.1) is 0 Å². The van der Waals surface area contributed by atoms with Crippen molar-refractivity contribution < 1.29 is 0 Å². The van der Waals surface area contributed by atoms with Crippen molar-refractivity contribution in [2.75, 3.05) is 19.6 Å². The molecule has 1 fully saturated rings. The van der Waals surface area contributed by atoms with Crippen LogP contribution in [-0.2, 0) is 0 Å². The van der Waals surface area contributed by atoms with Crippen LogP contribution < -0.4 is 0 Å². The molecule has 1 aliphatic rings. The average Bonchev–Trinajstić information content (AvgIpc) is 2.04. The summed E-state index contributed by atoms with van der Waals surface area (Å²) in [7, 11) is 0. The molecule has 1 aliphatic heterocycles. The number of hydrogen-bond donors (Lipinski definition) is 0. The molecular weight excluding hydrogens is 146 g/mol. The quantitative estimate of drug-likeness (QED) is 0.628. The minimum atomic E-state index is 0.628. The van der Waals surface area contributed by atoms with E-state index < -0.39 is 0 Å². The van der Waals surface area contributed by atoms with Crippen molar-refractivity contribution in [1.82, 2.24) is 4.90 Å². The first-order valence-corrected chi connectivity index (χ1v) is 5.42. The molecule has 0 aromatic carbocycles. The molecule has 0 saturated carbocycles. The van der Waals surface area contributed by atoms with Crippen LogP contribution in [0.4, 0.5) is 0 Å². The fourth-order valence-corrected chi connectivity index (χ4v) is 2.50. The summed E-state index contributed by atoms with van der Waals surface area (Å²) in [5.74, 6) is 0. The highest BCUT2D eigenvalue weighted by Crippen LogP contribution is 2.33. The Morgan fingerprint density at radius 3 is 2.67 bits per heavy atom. The van der Waals surface area contributed by atoms with Gasteiger partial charge in [0, 0.05) is 6.54 Å². The standard InChI is InChI=1S/C11H23N/c1-4-7-11(3)8-6-9-12(5-2)10-11/h4-10H2,1-3H3. The van der Waals surface area contributed by atoms with Crippen LogP contribution in [0.3, 0.4) is 0 Å². The summed E-state index contributed by atoms with van der Waals surface area (Å²) in [6.45, 7) is 10.9. The van der Waals surface area contributed by atoms with Crippen molar-refractivity contribution >= 4 is 0 Å². The second-order valence-electron chi connectivity index (χ2n) is 4.53. The highest BCUT2D eigenvalue weighted by Gasteiger charge is 2.28. The number of likely N-dealkylation sites (tertiary alicyclic amines) is 1. The Kier molecular flexibility index (Phi) is 3.57. The fourth-order valence-electron chi connectivity index (χ4n) is 2.50. The number of hydrogen-bond acceptors (Lipinski definition) is 1. The van der Waals surface area contributed by atoms with Crippen molar-refractivity contribution in [3.63, 3.8) is 0 Å². The van der Waals surface area contributed by atoms with Crippen LogP contribution in [0, 0.1) is 5.41 Å². The molecule has 0 bridgehead atoms. The summed E-state index contributed by atoms with van der Waals surface area (Å²) in [6.07, 6.45) is 5.60. The van der Waals surface area contributed by atoms with Gasteiger partial charge in [0.1, 0.15) is 0 Å². The second kappa shape index (κ2) is 4.27. The topological polar surface area (TPSA) is 3.24 Å². The predicted octanol–water partition coefficient (Wildman–Crippen LogP) is 2.91. The zero-order valence-corrected chi connectivity index (χ0v) is 8.90. The third kappa shape index (κ3) is 2.48. The normalized spacial score (nSPS) is 32.2. The third-order valence-electron chi connectivity index (χ3n) is 3.16. The molecule has 1 heterocycles. The molecule has 0 radical (unpaired) electrons. The van der Waals surface area contributed by atoms with Crippen LogP contribution in [0.25, 0.3) is 0 Å². The molecule has 1 nitrogen and oxygen atoms in total. The van der Waals surface area contributed by atoms with Gasteiger partial charge in [-0.1, -0.05) is 27.2 Å². The van der Waals surface area contributed by atoms with Crippen molar-refractivity contribution in [2.45, 2.75) is 46.5 Å². The van der Waals surface area contributed by atoms with E-state index in [0.29, 0.717) is 5.41 Å². The lowest BCUT2D eigenvalue weighted by Crippen LogP contribution is -2.41. The smallest absolute Gasteiger partial charge is 0.00352 e. The maximum Gasteiger partial charge on any atom is 0.00352 e. The number of piperidine rings is 1. The van der Waals surface area contributed by atoms with Gasteiger partial charge in [-0.05, 0) is 37.8 Å². The third-order valence-corrected chi connectivity index (χ3v) is 3.16. The van der Waals surface area contributed by atoms with E-state index in [1.165, 1.54) is 45.3 Å². The second-order valence-corrected chi connectivity index (χ2v) is 4.53. The first-order valence-electron chi connectivity index (χ1n) is 5.42. The van der Waals surface area contributed by atoms with Crippen LogP contribution in [-0.4, -0.2) is 24.5 Å². The molecule has 0 N–H and O–H groups in total. The van der Waals surface area contributed by atoms with Crippen LogP contribution in [0.1, 0.15) is 46.5 Å². The van der Waals surface area contributed by atoms with Gasteiger partial charge in [0.2, 0.25) is 0 Å². The van der Waals surface area contributed by atoms with E-state index in [0.717, 1.165) is 0 Å². The van der Waals surface area contributed by atoms with E-state index in [2.05, 4.69) is 25.7 Å². The zero-order valence-electron chi connectivity index (χ0n) is 8.90. The lowest BCUT2D eigenvalue weighted by Gasteiger charge is -2.40. The molecule has 1 rings (SSSR count). The lowest BCUT2D eigenvalue weighted by atomic mass is 9.78. The Morgan fingerprint density at radius 2 is 2.08 bits per heavy atom. The Morgan fingerprint density at radius 1 is 1.33 bits per heavy atom. The van der Waals surface area contributed by atoms with Gasteiger partial charge in [-0.3, -0.25) is 0 Å². The van der Waals surface area contributed by atoms with Crippen molar-refractivity contribution in [2.24, 2.45) is 5.41 Å². The van der Waals surface area contributed by atoms with Gasteiger partial charge in [-0.2, -0.15) is 0 Å². The van der Waals surface area contributed by atoms with E-state index >= 15 is 0 Å². The van der Waals surface area contributed by atoms with Gasteiger partial charge in [0.15, 0.2) is 0 Å². The first kappa shape index (κ1) is 10.0. The molecule has 1 unspecified atom stereocenters. The first-order chi connectivity index (χ1) is 5.70. The van der Waals surface area contributed by atoms with E-state index in [9.17, 15) is 0 Å². The Labute approximate surface area is 77.1 Å². The molecule has 1 saturated heterocycles. The lowest BCUT2D eigenvalue weighted by molar-refractivity contribution is 0.0990. The Hall–Kier alpha value is -0.0400. The molecule has 0 amide bonds.